The maximum atomic E-state index is 5.90. The molecule has 1 rings (SSSR count). The van der Waals surface area contributed by atoms with Gasteiger partial charge in [0.1, 0.15) is 6.10 Å². The number of methoxy groups -OCH3 is 2. The molecule has 1 atom stereocenters. The molecule has 0 heterocycles. The zero-order valence-corrected chi connectivity index (χ0v) is 17.7. The molecule has 7 heteroatoms. The van der Waals surface area contributed by atoms with Crippen molar-refractivity contribution < 1.29 is 14.2 Å². The monoisotopic (exact) mass is 451 g/mol. The molecule has 1 aromatic rings. The van der Waals surface area contributed by atoms with Gasteiger partial charge in [0.15, 0.2) is 17.5 Å². The van der Waals surface area contributed by atoms with Crippen LogP contribution < -0.4 is 20.1 Å². The molecule has 0 bridgehead atoms. The number of aliphatic imine (C=N–C) groups is 1. The molecule has 24 heavy (non-hydrogen) atoms. The van der Waals surface area contributed by atoms with E-state index >= 15 is 0 Å². The van der Waals surface area contributed by atoms with Gasteiger partial charge in [-0.1, -0.05) is 12.1 Å². The molecule has 0 saturated heterocycles. The predicted octanol–water partition coefficient (Wildman–Crippen LogP) is 2.67. The first kappa shape index (κ1) is 22.8. The Hall–Kier alpha value is -1.22. The fourth-order valence-electron chi connectivity index (χ4n) is 1.80. The van der Waals surface area contributed by atoms with Crippen molar-refractivity contribution in [2.45, 2.75) is 32.5 Å². The summed E-state index contributed by atoms with van der Waals surface area (Å²) in [5.41, 5.74) is -0.253. The van der Waals surface area contributed by atoms with Crippen molar-refractivity contribution in [1.82, 2.24) is 10.6 Å². The number of benzene rings is 1. The standard InChI is InChI=1S/C17H29N3O3.HI/c1-13(23-15-10-8-7-9-14(15)21-5)11-19-16(18-4)20-12-17(2,3)22-6;/h7-10,13H,11-12H2,1-6H3,(H2,18,19,20);1H. The zero-order valence-electron chi connectivity index (χ0n) is 15.4. The van der Waals surface area contributed by atoms with Gasteiger partial charge in [-0.2, -0.15) is 0 Å². The summed E-state index contributed by atoms with van der Waals surface area (Å²) in [6.07, 6.45) is -0.0414. The maximum absolute atomic E-state index is 5.90. The molecule has 0 saturated carbocycles. The third-order valence-corrected chi connectivity index (χ3v) is 3.41. The molecule has 0 fully saturated rings. The molecular formula is C17H30IN3O3. The molecule has 0 amide bonds. The lowest BCUT2D eigenvalue weighted by Crippen LogP contribution is -2.47. The Morgan fingerprint density at radius 1 is 1.17 bits per heavy atom. The second-order valence-corrected chi connectivity index (χ2v) is 5.85. The summed E-state index contributed by atoms with van der Waals surface area (Å²) < 4.78 is 16.6. The number of guanidine groups is 1. The summed E-state index contributed by atoms with van der Waals surface area (Å²) in [6.45, 7) is 7.29. The minimum Gasteiger partial charge on any atom is -0.493 e. The van der Waals surface area contributed by atoms with Gasteiger partial charge >= 0.3 is 0 Å². The molecule has 1 unspecified atom stereocenters. The Morgan fingerprint density at radius 3 is 2.33 bits per heavy atom. The average Bonchev–Trinajstić information content (AvgIpc) is 2.55. The van der Waals surface area contributed by atoms with Gasteiger partial charge in [0.05, 0.1) is 19.3 Å². The number of hydrogen-bond acceptors (Lipinski definition) is 4. The third kappa shape index (κ3) is 8.05. The molecule has 138 valence electrons. The van der Waals surface area contributed by atoms with Crippen LogP contribution in [0, 0.1) is 0 Å². The predicted molar refractivity (Wildman–Crippen MR) is 109 cm³/mol. The van der Waals surface area contributed by atoms with Crippen molar-refractivity contribution in [3.63, 3.8) is 0 Å². The van der Waals surface area contributed by atoms with Crippen LogP contribution >= 0.6 is 24.0 Å². The van der Waals surface area contributed by atoms with E-state index in [2.05, 4.69) is 15.6 Å². The zero-order chi connectivity index (χ0) is 17.3. The first-order valence-corrected chi connectivity index (χ1v) is 7.71. The molecule has 0 spiro atoms. The van der Waals surface area contributed by atoms with E-state index in [1.165, 1.54) is 0 Å². The summed E-state index contributed by atoms with van der Waals surface area (Å²) in [5, 5.41) is 6.48. The normalized spacial score (nSPS) is 12.8. The number of rotatable bonds is 8. The van der Waals surface area contributed by atoms with Crippen LogP contribution in [0.2, 0.25) is 0 Å². The SMILES string of the molecule is CN=C(NCC(C)Oc1ccccc1OC)NCC(C)(C)OC.I. The summed E-state index contributed by atoms with van der Waals surface area (Å²) in [5.74, 6) is 2.17. The van der Waals surface area contributed by atoms with Gasteiger partial charge in [0, 0.05) is 20.7 Å². The second-order valence-electron chi connectivity index (χ2n) is 5.85. The summed E-state index contributed by atoms with van der Waals surface area (Å²) in [4.78, 5) is 4.20. The van der Waals surface area contributed by atoms with Crippen molar-refractivity contribution in [1.29, 1.82) is 0 Å². The number of ether oxygens (including phenoxy) is 3. The van der Waals surface area contributed by atoms with Gasteiger partial charge in [-0.25, -0.2) is 0 Å². The largest absolute Gasteiger partial charge is 0.493 e. The molecule has 0 radical (unpaired) electrons. The van der Waals surface area contributed by atoms with Gasteiger partial charge in [-0.3, -0.25) is 4.99 Å². The lowest BCUT2D eigenvalue weighted by Gasteiger charge is -2.25. The summed E-state index contributed by atoms with van der Waals surface area (Å²) in [7, 11) is 5.07. The number of hydrogen-bond donors (Lipinski definition) is 2. The van der Waals surface area contributed by atoms with Gasteiger partial charge in [-0.15, -0.1) is 24.0 Å². The van der Waals surface area contributed by atoms with E-state index in [0.29, 0.717) is 19.0 Å². The van der Waals surface area contributed by atoms with Crippen LogP contribution in [0.1, 0.15) is 20.8 Å². The quantitative estimate of drug-likeness (QED) is 0.362. The number of nitrogens with zero attached hydrogens (tertiary/aromatic N) is 1. The Morgan fingerprint density at radius 2 is 1.79 bits per heavy atom. The van der Waals surface area contributed by atoms with E-state index in [9.17, 15) is 0 Å². The van der Waals surface area contributed by atoms with E-state index in [1.807, 2.05) is 45.0 Å². The first-order valence-electron chi connectivity index (χ1n) is 7.71. The van der Waals surface area contributed by atoms with Crippen LogP contribution in [0.5, 0.6) is 11.5 Å². The lowest BCUT2D eigenvalue weighted by molar-refractivity contribution is 0.0268. The molecule has 0 aliphatic heterocycles. The fourth-order valence-corrected chi connectivity index (χ4v) is 1.80. The highest BCUT2D eigenvalue weighted by atomic mass is 127. The highest BCUT2D eigenvalue weighted by Gasteiger charge is 2.17. The maximum Gasteiger partial charge on any atom is 0.191 e. The molecule has 1 aromatic carbocycles. The van der Waals surface area contributed by atoms with Gasteiger partial charge in [-0.05, 0) is 32.9 Å². The highest BCUT2D eigenvalue weighted by Crippen LogP contribution is 2.26. The van der Waals surface area contributed by atoms with E-state index in [4.69, 9.17) is 14.2 Å². The molecule has 0 aliphatic rings. The van der Waals surface area contributed by atoms with E-state index in [-0.39, 0.29) is 35.7 Å². The van der Waals surface area contributed by atoms with Crippen molar-refractivity contribution in [3.05, 3.63) is 24.3 Å². The van der Waals surface area contributed by atoms with Crippen LogP contribution in [0.15, 0.2) is 29.3 Å². The van der Waals surface area contributed by atoms with E-state index < -0.39 is 0 Å². The van der Waals surface area contributed by atoms with Crippen molar-refractivity contribution in [2.75, 3.05) is 34.4 Å². The van der Waals surface area contributed by atoms with Crippen LogP contribution in [-0.2, 0) is 4.74 Å². The Balaban J connectivity index is 0.00000529. The Labute approximate surface area is 162 Å². The first-order chi connectivity index (χ1) is 10.9. The third-order valence-electron chi connectivity index (χ3n) is 3.41. The smallest absolute Gasteiger partial charge is 0.191 e. The summed E-state index contributed by atoms with van der Waals surface area (Å²) in [6, 6.07) is 7.61. The molecule has 6 nitrogen and oxygen atoms in total. The lowest BCUT2D eigenvalue weighted by atomic mass is 10.1. The molecule has 0 aromatic heterocycles. The summed E-state index contributed by atoms with van der Waals surface area (Å²) >= 11 is 0. The van der Waals surface area contributed by atoms with Crippen LogP contribution in [0.3, 0.4) is 0 Å². The van der Waals surface area contributed by atoms with Gasteiger partial charge in [0.25, 0.3) is 0 Å². The van der Waals surface area contributed by atoms with Crippen molar-refractivity contribution in [3.8, 4) is 11.5 Å². The fraction of sp³-hybridized carbons (Fsp3) is 0.588. The highest BCUT2D eigenvalue weighted by molar-refractivity contribution is 14.0. The van der Waals surface area contributed by atoms with Gasteiger partial charge < -0.3 is 24.8 Å². The second kappa shape index (κ2) is 11.4. The Kier molecular flexibility index (Phi) is 10.8. The molecule has 0 aliphatic carbocycles. The Bertz CT molecular complexity index is 510. The molecular weight excluding hydrogens is 421 g/mol. The minimum atomic E-state index is -0.253. The van der Waals surface area contributed by atoms with Gasteiger partial charge in [0.2, 0.25) is 0 Å². The van der Waals surface area contributed by atoms with Crippen LogP contribution in [-0.4, -0.2) is 52.0 Å². The minimum absolute atomic E-state index is 0. The average molecular weight is 451 g/mol. The van der Waals surface area contributed by atoms with Crippen LogP contribution in [0.4, 0.5) is 0 Å². The molecule has 2 N–H and O–H groups in total. The van der Waals surface area contributed by atoms with E-state index in [1.54, 1.807) is 21.3 Å². The number of halogens is 1. The number of nitrogens with one attached hydrogen (secondary N) is 2. The van der Waals surface area contributed by atoms with Crippen molar-refractivity contribution in [2.24, 2.45) is 4.99 Å². The number of para-hydroxylation sites is 2. The topological polar surface area (TPSA) is 64.1 Å². The van der Waals surface area contributed by atoms with Crippen LogP contribution in [0.25, 0.3) is 0 Å². The van der Waals surface area contributed by atoms with E-state index in [0.717, 1.165) is 11.5 Å². The van der Waals surface area contributed by atoms with Crippen molar-refractivity contribution >= 4 is 29.9 Å².